The standard InChI is InChI=1S/C12H13ClN2O5S/c1-14(9-4-5-21(19,20)7-9)12(16)8-2-3-10(13)11(6-8)15(17)18/h2-3,6,9H,4-5,7H2,1H3. The van der Waals surface area contributed by atoms with Crippen LogP contribution in [0.2, 0.25) is 5.02 Å². The van der Waals surface area contributed by atoms with Gasteiger partial charge in [0.15, 0.2) is 9.84 Å². The number of benzene rings is 1. The lowest BCUT2D eigenvalue weighted by Crippen LogP contribution is -2.37. The van der Waals surface area contributed by atoms with Gasteiger partial charge in [0.25, 0.3) is 11.6 Å². The second-order valence-electron chi connectivity index (χ2n) is 4.90. The Kier molecular flexibility index (Phi) is 4.20. The van der Waals surface area contributed by atoms with Gasteiger partial charge in [0.05, 0.1) is 16.4 Å². The molecule has 1 aromatic rings. The highest BCUT2D eigenvalue weighted by atomic mass is 35.5. The molecule has 0 saturated carbocycles. The smallest absolute Gasteiger partial charge is 0.288 e. The first kappa shape index (κ1) is 15.7. The molecule has 1 heterocycles. The van der Waals surface area contributed by atoms with Gasteiger partial charge in [0.1, 0.15) is 5.02 Å². The van der Waals surface area contributed by atoms with Gasteiger partial charge in [-0.1, -0.05) is 11.6 Å². The van der Waals surface area contributed by atoms with E-state index >= 15 is 0 Å². The van der Waals surface area contributed by atoms with Crippen LogP contribution < -0.4 is 0 Å². The minimum atomic E-state index is -3.11. The van der Waals surface area contributed by atoms with E-state index in [2.05, 4.69) is 0 Å². The Hall–Kier alpha value is -1.67. The maximum absolute atomic E-state index is 12.3. The van der Waals surface area contributed by atoms with Crippen LogP contribution in [0.4, 0.5) is 5.69 Å². The van der Waals surface area contributed by atoms with Crippen molar-refractivity contribution in [2.45, 2.75) is 12.5 Å². The van der Waals surface area contributed by atoms with Gasteiger partial charge in [-0.3, -0.25) is 14.9 Å². The Morgan fingerprint density at radius 3 is 2.67 bits per heavy atom. The number of rotatable bonds is 3. The summed E-state index contributed by atoms with van der Waals surface area (Å²) < 4.78 is 22.9. The first-order valence-corrected chi connectivity index (χ1v) is 8.33. The number of nitro groups is 1. The molecule has 114 valence electrons. The normalized spacial score (nSPS) is 20.2. The molecule has 1 unspecified atom stereocenters. The summed E-state index contributed by atoms with van der Waals surface area (Å²) in [5.41, 5.74) is -0.243. The SMILES string of the molecule is CN(C(=O)c1ccc(Cl)c([N+](=O)[O-])c1)C1CCS(=O)(=O)C1. The third-order valence-electron chi connectivity index (χ3n) is 3.47. The fraction of sp³-hybridized carbons (Fsp3) is 0.417. The fourth-order valence-corrected chi connectivity index (χ4v) is 4.20. The third kappa shape index (κ3) is 3.33. The number of nitrogens with zero attached hydrogens (tertiary/aromatic N) is 2. The highest BCUT2D eigenvalue weighted by molar-refractivity contribution is 7.91. The van der Waals surface area contributed by atoms with Crippen molar-refractivity contribution < 1.29 is 18.1 Å². The highest BCUT2D eigenvalue weighted by Gasteiger charge is 2.33. The predicted molar refractivity (Wildman–Crippen MR) is 77.3 cm³/mol. The molecule has 21 heavy (non-hydrogen) atoms. The van der Waals surface area contributed by atoms with E-state index in [-0.39, 0.29) is 27.8 Å². The lowest BCUT2D eigenvalue weighted by Gasteiger charge is -2.23. The van der Waals surface area contributed by atoms with Gasteiger partial charge >= 0.3 is 0 Å². The quantitative estimate of drug-likeness (QED) is 0.617. The first-order chi connectivity index (χ1) is 9.71. The highest BCUT2D eigenvalue weighted by Crippen LogP contribution is 2.26. The van der Waals surface area contributed by atoms with Crippen LogP contribution in [-0.2, 0) is 9.84 Å². The van der Waals surface area contributed by atoms with Crippen molar-refractivity contribution in [3.05, 3.63) is 38.9 Å². The Labute approximate surface area is 126 Å². The average Bonchev–Trinajstić information content (AvgIpc) is 2.77. The zero-order valence-corrected chi connectivity index (χ0v) is 12.7. The average molecular weight is 333 g/mol. The maximum atomic E-state index is 12.3. The van der Waals surface area contributed by atoms with Crippen molar-refractivity contribution in [1.29, 1.82) is 0 Å². The Morgan fingerprint density at radius 1 is 1.48 bits per heavy atom. The van der Waals surface area contributed by atoms with Crippen LogP contribution in [0.5, 0.6) is 0 Å². The van der Waals surface area contributed by atoms with E-state index in [9.17, 15) is 23.3 Å². The van der Waals surface area contributed by atoms with Gasteiger partial charge < -0.3 is 4.90 Å². The Balaban J connectivity index is 2.24. The largest absolute Gasteiger partial charge is 0.338 e. The fourth-order valence-electron chi connectivity index (χ4n) is 2.24. The number of carbonyl (C=O) groups excluding carboxylic acids is 1. The van der Waals surface area contributed by atoms with E-state index in [1.807, 2.05) is 0 Å². The molecule has 0 N–H and O–H groups in total. The van der Waals surface area contributed by atoms with Crippen LogP contribution in [0.1, 0.15) is 16.8 Å². The van der Waals surface area contributed by atoms with Crippen LogP contribution in [0.3, 0.4) is 0 Å². The summed E-state index contributed by atoms with van der Waals surface area (Å²) >= 11 is 5.69. The predicted octanol–water partition coefficient (Wildman–Crippen LogP) is 1.51. The summed E-state index contributed by atoms with van der Waals surface area (Å²) in [6, 6.07) is 3.37. The van der Waals surface area contributed by atoms with Crippen LogP contribution >= 0.6 is 11.6 Å². The second kappa shape index (κ2) is 5.61. The number of halogens is 1. The first-order valence-electron chi connectivity index (χ1n) is 6.13. The minimum Gasteiger partial charge on any atom is -0.338 e. The summed E-state index contributed by atoms with van der Waals surface area (Å²) in [5, 5.41) is 10.8. The van der Waals surface area contributed by atoms with Gasteiger partial charge in [0.2, 0.25) is 0 Å². The van der Waals surface area contributed by atoms with E-state index in [1.54, 1.807) is 0 Å². The zero-order valence-electron chi connectivity index (χ0n) is 11.2. The zero-order chi connectivity index (χ0) is 15.8. The molecule has 1 aliphatic rings. The lowest BCUT2D eigenvalue weighted by atomic mass is 10.1. The van der Waals surface area contributed by atoms with Crippen LogP contribution in [0, 0.1) is 10.1 Å². The van der Waals surface area contributed by atoms with Crippen LogP contribution in [0.15, 0.2) is 18.2 Å². The molecule has 1 saturated heterocycles. The molecule has 0 radical (unpaired) electrons. The lowest BCUT2D eigenvalue weighted by molar-refractivity contribution is -0.384. The number of carbonyl (C=O) groups is 1. The second-order valence-corrected chi connectivity index (χ2v) is 7.53. The molecule has 1 aromatic carbocycles. The molecular weight excluding hydrogens is 320 g/mol. The molecule has 7 nitrogen and oxygen atoms in total. The Bertz CT molecular complexity index is 704. The van der Waals surface area contributed by atoms with Crippen molar-refractivity contribution >= 4 is 33.0 Å². The van der Waals surface area contributed by atoms with E-state index in [0.717, 1.165) is 6.07 Å². The number of sulfone groups is 1. The number of nitro benzene ring substituents is 1. The number of amides is 1. The van der Waals surface area contributed by atoms with Crippen molar-refractivity contribution in [3.8, 4) is 0 Å². The van der Waals surface area contributed by atoms with Gasteiger partial charge in [-0.25, -0.2) is 8.42 Å². The van der Waals surface area contributed by atoms with Gasteiger partial charge in [-0.15, -0.1) is 0 Å². The monoisotopic (exact) mass is 332 g/mol. The van der Waals surface area contributed by atoms with E-state index < -0.39 is 26.7 Å². The molecule has 2 rings (SSSR count). The van der Waals surface area contributed by atoms with Gasteiger partial charge in [-0.05, 0) is 18.6 Å². The summed E-state index contributed by atoms with van der Waals surface area (Å²) in [5.74, 6) is -0.488. The molecule has 1 atom stereocenters. The van der Waals surface area contributed by atoms with Gasteiger partial charge in [-0.2, -0.15) is 0 Å². The van der Waals surface area contributed by atoms with Crippen LogP contribution in [0.25, 0.3) is 0 Å². The molecule has 9 heteroatoms. The van der Waals surface area contributed by atoms with E-state index in [1.165, 1.54) is 24.1 Å². The van der Waals surface area contributed by atoms with Crippen molar-refractivity contribution in [2.24, 2.45) is 0 Å². The molecule has 0 bridgehead atoms. The summed E-state index contributed by atoms with van der Waals surface area (Å²) in [6.45, 7) is 0. The summed E-state index contributed by atoms with van der Waals surface area (Å²) in [7, 11) is -1.61. The number of hydrogen-bond donors (Lipinski definition) is 0. The summed E-state index contributed by atoms with van der Waals surface area (Å²) in [6.07, 6.45) is 0.375. The molecular formula is C12H13ClN2O5S. The van der Waals surface area contributed by atoms with Crippen LogP contribution in [-0.4, -0.2) is 48.7 Å². The molecule has 0 aromatic heterocycles. The van der Waals surface area contributed by atoms with Crippen molar-refractivity contribution in [2.75, 3.05) is 18.6 Å². The van der Waals surface area contributed by atoms with Gasteiger partial charge in [0, 0.05) is 24.7 Å². The molecule has 0 aliphatic carbocycles. The molecule has 1 aliphatic heterocycles. The number of hydrogen-bond acceptors (Lipinski definition) is 5. The minimum absolute atomic E-state index is 0.0516. The van der Waals surface area contributed by atoms with E-state index in [0.29, 0.717) is 6.42 Å². The van der Waals surface area contributed by atoms with Crippen molar-refractivity contribution in [1.82, 2.24) is 4.90 Å². The Morgan fingerprint density at radius 2 is 2.14 bits per heavy atom. The molecule has 0 spiro atoms. The van der Waals surface area contributed by atoms with Crippen molar-refractivity contribution in [3.63, 3.8) is 0 Å². The molecule has 1 amide bonds. The maximum Gasteiger partial charge on any atom is 0.288 e. The van der Waals surface area contributed by atoms with E-state index in [4.69, 9.17) is 11.6 Å². The molecule has 1 fully saturated rings. The topological polar surface area (TPSA) is 97.6 Å². The third-order valence-corrected chi connectivity index (χ3v) is 5.54. The summed E-state index contributed by atoms with van der Waals surface area (Å²) in [4.78, 5) is 23.8.